The Morgan fingerprint density at radius 2 is 1.80 bits per heavy atom. The Hall–Kier alpha value is -6.05. The third-order valence-corrected chi connectivity index (χ3v) is 11.7. The molecule has 4 aliphatic heterocycles. The number of morpholine rings is 1. The monoisotopic (exact) mass is 833 g/mol. The first kappa shape index (κ1) is 38.5. The number of anilines is 2. The average Bonchev–Trinajstić information content (AvgIpc) is 3.84. The summed E-state index contributed by atoms with van der Waals surface area (Å²) in [5.74, 6) is -1.20. The van der Waals surface area contributed by atoms with Crippen molar-refractivity contribution >= 4 is 46.5 Å². The van der Waals surface area contributed by atoms with Crippen molar-refractivity contribution in [1.29, 1.82) is 0 Å². The predicted octanol–water partition coefficient (Wildman–Crippen LogP) is 3.68. The molecule has 2 N–H and O–H groups in total. The quantitative estimate of drug-likeness (QED) is 0.255. The van der Waals surface area contributed by atoms with Gasteiger partial charge in [0.15, 0.2) is 11.5 Å². The number of hydrogen-bond donors (Lipinski definition) is 2. The van der Waals surface area contributed by atoms with E-state index in [9.17, 15) is 37.5 Å². The first-order valence-corrected chi connectivity index (χ1v) is 19.2. The van der Waals surface area contributed by atoms with Crippen LogP contribution in [0.1, 0.15) is 40.2 Å². The number of nitrogens with one attached hydrogen (secondary N) is 1. The van der Waals surface area contributed by atoms with Gasteiger partial charge in [0.25, 0.3) is 11.5 Å². The van der Waals surface area contributed by atoms with E-state index in [1.54, 1.807) is 0 Å². The molecule has 3 amide bonds. The fourth-order valence-corrected chi connectivity index (χ4v) is 8.55. The number of ether oxygens (including phenoxy) is 2. The number of benzene rings is 2. The van der Waals surface area contributed by atoms with Crippen molar-refractivity contribution in [3.63, 3.8) is 0 Å². The number of pyridine rings is 1. The van der Waals surface area contributed by atoms with Gasteiger partial charge in [0.2, 0.25) is 17.6 Å². The Bertz CT molecular complexity index is 2570. The predicted molar refractivity (Wildman–Crippen MR) is 204 cm³/mol. The molecule has 5 aromatic rings. The zero-order valence-corrected chi connectivity index (χ0v) is 31.9. The van der Waals surface area contributed by atoms with Gasteiger partial charge >= 0.3 is 6.18 Å². The lowest BCUT2D eigenvalue weighted by Crippen LogP contribution is -2.60. The molecular formula is C39H35ClF3N9O7. The van der Waals surface area contributed by atoms with Crippen molar-refractivity contribution in [3.8, 4) is 17.1 Å². The lowest BCUT2D eigenvalue weighted by Gasteiger charge is -2.44. The van der Waals surface area contributed by atoms with Crippen molar-refractivity contribution in [2.75, 3.05) is 56.2 Å². The van der Waals surface area contributed by atoms with Crippen LogP contribution in [0, 0.1) is 0 Å². The lowest BCUT2D eigenvalue weighted by molar-refractivity contribution is -0.148. The largest absolute Gasteiger partial charge is 0.505 e. The fraction of sp³-hybridized carbons (Fsp3) is 0.359. The van der Waals surface area contributed by atoms with Gasteiger partial charge in [0.1, 0.15) is 24.5 Å². The Morgan fingerprint density at radius 3 is 2.53 bits per heavy atom. The minimum Gasteiger partial charge on any atom is -0.505 e. The minimum atomic E-state index is -4.64. The van der Waals surface area contributed by atoms with Crippen LogP contribution in [0.2, 0.25) is 5.02 Å². The van der Waals surface area contributed by atoms with Gasteiger partial charge in [-0.3, -0.25) is 19.2 Å². The number of piperidine rings is 1. The number of piperazine rings is 1. The maximum Gasteiger partial charge on any atom is 0.416 e. The molecule has 306 valence electrons. The van der Waals surface area contributed by atoms with Gasteiger partial charge in [-0.15, -0.1) is 5.10 Å². The van der Waals surface area contributed by atoms with E-state index in [4.69, 9.17) is 26.1 Å². The van der Waals surface area contributed by atoms with Gasteiger partial charge < -0.3 is 39.2 Å². The van der Waals surface area contributed by atoms with Crippen LogP contribution in [0.4, 0.5) is 24.5 Å². The number of aromatic nitrogens is 5. The normalized spacial score (nSPS) is 18.9. The van der Waals surface area contributed by atoms with Crippen LogP contribution in [-0.2, 0) is 44.0 Å². The number of hydrogen-bond acceptors (Lipinski definition) is 11. The Balaban J connectivity index is 1.04. The molecule has 1 unspecified atom stereocenters. The van der Waals surface area contributed by atoms with Crippen molar-refractivity contribution < 1.29 is 42.1 Å². The van der Waals surface area contributed by atoms with Crippen LogP contribution < -0.4 is 15.8 Å². The second-order valence-electron chi connectivity index (χ2n) is 14.8. The molecule has 9 rings (SSSR count). The van der Waals surface area contributed by atoms with Gasteiger partial charge in [-0.05, 0) is 67.4 Å². The molecule has 0 bridgehead atoms. The molecule has 3 aromatic heterocycles. The number of carbonyl (C=O) groups is 3. The summed E-state index contributed by atoms with van der Waals surface area (Å²) in [6, 6.07) is 12.9. The summed E-state index contributed by atoms with van der Waals surface area (Å²) >= 11 is 6.16. The Morgan fingerprint density at radius 1 is 1.02 bits per heavy atom. The van der Waals surface area contributed by atoms with E-state index in [1.165, 1.54) is 27.8 Å². The molecule has 4 aliphatic rings. The summed E-state index contributed by atoms with van der Waals surface area (Å²) in [4.78, 5) is 68.0. The average molecular weight is 834 g/mol. The maximum atomic E-state index is 14.5. The maximum absolute atomic E-state index is 14.5. The zero-order chi connectivity index (χ0) is 41.2. The number of halogens is 4. The third-order valence-electron chi connectivity index (χ3n) is 11.3. The summed E-state index contributed by atoms with van der Waals surface area (Å²) in [5, 5.41) is 17.1. The topological polar surface area (TPSA) is 177 Å². The highest BCUT2D eigenvalue weighted by atomic mass is 35.5. The first-order chi connectivity index (χ1) is 28.3. The number of fused-ring (bicyclic) bond motifs is 4. The minimum absolute atomic E-state index is 0.0178. The number of carbonyl (C=O) groups excluding carboxylic acids is 3. The molecule has 59 heavy (non-hydrogen) atoms. The van der Waals surface area contributed by atoms with Crippen LogP contribution in [-0.4, -0.2) is 109 Å². The Kier molecular flexibility index (Phi) is 9.55. The molecule has 1 spiro atoms. The van der Waals surface area contributed by atoms with Crippen molar-refractivity contribution in [1.82, 2.24) is 33.9 Å². The second kappa shape index (κ2) is 14.6. The van der Waals surface area contributed by atoms with Gasteiger partial charge in [-0.1, -0.05) is 11.6 Å². The smallest absolute Gasteiger partial charge is 0.416 e. The molecule has 3 fully saturated rings. The summed E-state index contributed by atoms with van der Waals surface area (Å²) in [6.07, 6.45) is -2.83. The van der Waals surface area contributed by atoms with Gasteiger partial charge in [0, 0.05) is 50.2 Å². The van der Waals surface area contributed by atoms with Crippen LogP contribution >= 0.6 is 11.6 Å². The number of likely N-dealkylation sites (tertiary alicyclic amines) is 1. The molecule has 0 aliphatic carbocycles. The highest BCUT2D eigenvalue weighted by molar-refractivity contribution is 6.33. The first-order valence-electron chi connectivity index (χ1n) is 18.8. The molecule has 2 aromatic carbocycles. The lowest BCUT2D eigenvalue weighted by atomic mass is 9.85. The van der Waals surface area contributed by atoms with Gasteiger partial charge in [-0.25, -0.2) is 4.98 Å². The third kappa shape index (κ3) is 6.91. The highest BCUT2D eigenvalue weighted by Crippen LogP contribution is 2.43. The molecule has 0 radical (unpaired) electrons. The number of nitrogens with zero attached hydrogens (tertiary/aromatic N) is 8. The summed E-state index contributed by atoms with van der Waals surface area (Å²) in [5.41, 5.74) is -0.710. The number of rotatable bonds is 6. The number of amides is 3. The standard InChI is InChI=1S/C39H35ClF3N9O7/c40-26-16-23(39(41,42)43)5-8-27(26)45-30(54)18-51-28-20-59-38(9-12-48(13-10-38)36(57)33-29(53)2-1-11-44-33)32(28)35(56)52-37(51)46-34(47-52)22-3-6-24(7-4-22)49-14-15-50-25(17-49)19-58-21-31(50)55/h1-8,11,16,25,53H,9-10,12-15,17-21H2,(H,45,54). The van der Waals surface area contributed by atoms with Crippen LogP contribution in [0.25, 0.3) is 17.2 Å². The van der Waals surface area contributed by atoms with E-state index >= 15 is 0 Å². The summed E-state index contributed by atoms with van der Waals surface area (Å²) < 4.78 is 54.4. The molecule has 16 nitrogen and oxygen atoms in total. The SMILES string of the molecule is O=C(Cn1c2c(c(=O)n3nc(-c4ccc(N5CCN6C(=O)COCC6C5)cc4)nc13)C1(CCN(C(=O)c3ncccc3O)CC1)OC2)Nc1ccc(C(F)(F)F)cc1Cl. The number of alkyl halides is 3. The van der Waals surface area contributed by atoms with Crippen molar-refractivity contribution in [2.45, 2.75) is 43.8 Å². The molecular weight excluding hydrogens is 799 g/mol. The number of aromatic hydroxyl groups is 1. The molecule has 3 saturated heterocycles. The van der Waals surface area contributed by atoms with Crippen molar-refractivity contribution in [3.05, 3.63) is 98.7 Å². The second-order valence-corrected chi connectivity index (χ2v) is 15.2. The van der Waals surface area contributed by atoms with E-state index in [1.807, 2.05) is 29.2 Å². The van der Waals surface area contributed by atoms with Crippen LogP contribution in [0.5, 0.6) is 5.75 Å². The molecule has 1 atom stereocenters. The molecule has 0 saturated carbocycles. The molecule has 20 heteroatoms. The van der Waals surface area contributed by atoms with E-state index in [-0.39, 0.29) is 90.4 Å². The summed E-state index contributed by atoms with van der Waals surface area (Å²) in [7, 11) is 0. The Labute approximate surface area is 337 Å². The van der Waals surface area contributed by atoms with Gasteiger partial charge in [0.05, 0.1) is 46.8 Å². The zero-order valence-electron chi connectivity index (χ0n) is 31.1. The van der Waals surface area contributed by atoms with E-state index < -0.39 is 41.3 Å². The van der Waals surface area contributed by atoms with E-state index in [0.717, 1.165) is 28.4 Å². The van der Waals surface area contributed by atoms with Gasteiger partial charge in [-0.2, -0.15) is 22.7 Å². The van der Waals surface area contributed by atoms with Crippen LogP contribution in [0.3, 0.4) is 0 Å². The summed E-state index contributed by atoms with van der Waals surface area (Å²) in [6.45, 7) is 2.15. The highest BCUT2D eigenvalue weighted by Gasteiger charge is 2.48. The fourth-order valence-electron chi connectivity index (χ4n) is 8.33. The van der Waals surface area contributed by atoms with Crippen molar-refractivity contribution in [2.24, 2.45) is 0 Å². The molecule has 7 heterocycles. The van der Waals surface area contributed by atoms with E-state index in [2.05, 4.69) is 20.3 Å². The van der Waals surface area contributed by atoms with E-state index in [0.29, 0.717) is 37.5 Å². The van der Waals surface area contributed by atoms with Crippen LogP contribution in [0.15, 0.2) is 65.6 Å².